The molecule has 1 rings (SSSR count). The SMILES string of the molecule is CCCN(CC(N)=S)C(=O)c1ccc(CC)o1. The van der Waals surface area contributed by atoms with Gasteiger partial charge in [-0.05, 0) is 18.6 Å². The van der Waals surface area contributed by atoms with Crippen molar-refractivity contribution in [2.24, 2.45) is 5.73 Å². The molecule has 0 saturated heterocycles. The summed E-state index contributed by atoms with van der Waals surface area (Å²) >= 11 is 4.84. The van der Waals surface area contributed by atoms with Crippen molar-refractivity contribution in [3.63, 3.8) is 0 Å². The predicted molar refractivity (Wildman–Crippen MR) is 71.1 cm³/mol. The number of hydrogen-bond acceptors (Lipinski definition) is 3. The lowest BCUT2D eigenvalue weighted by atomic mass is 10.3. The highest BCUT2D eigenvalue weighted by molar-refractivity contribution is 7.80. The first-order chi connectivity index (χ1) is 8.08. The molecule has 0 aliphatic rings. The van der Waals surface area contributed by atoms with E-state index < -0.39 is 0 Å². The number of nitrogens with zero attached hydrogens (tertiary/aromatic N) is 1. The van der Waals surface area contributed by atoms with Crippen LogP contribution in [0.2, 0.25) is 0 Å². The summed E-state index contributed by atoms with van der Waals surface area (Å²) in [6.45, 7) is 4.90. The van der Waals surface area contributed by atoms with Gasteiger partial charge >= 0.3 is 0 Å². The van der Waals surface area contributed by atoms with Crippen molar-refractivity contribution in [2.45, 2.75) is 26.7 Å². The average molecular weight is 254 g/mol. The summed E-state index contributed by atoms with van der Waals surface area (Å²) in [7, 11) is 0. The second-order valence-electron chi connectivity index (χ2n) is 3.81. The molecule has 1 aromatic heterocycles. The van der Waals surface area contributed by atoms with E-state index in [2.05, 4.69) is 0 Å². The second-order valence-corrected chi connectivity index (χ2v) is 4.34. The Bertz CT molecular complexity index is 401. The van der Waals surface area contributed by atoms with Crippen molar-refractivity contribution < 1.29 is 9.21 Å². The zero-order chi connectivity index (χ0) is 12.8. The van der Waals surface area contributed by atoms with E-state index in [1.807, 2.05) is 19.9 Å². The lowest BCUT2D eigenvalue weighted by Gasteiger charge is -2.19. The van der Waals surface area contributed by atoms with Gasteiger partial charge in [-0.25, -0.2) is 0 Å². The molecule has 0 spiro atoms. The molecule has 17 heavy (non-hydrogen) atoms. The smallest absolute Gasteiger partial charge is 0.289 e. The average Bonchev–Trinajstić information content (AvgIpc) is 2.75. The van der Waals surface area contributed by atoms with Gasteiger partial charge in [0.15, 0.2) is 5.76 Å². The zero-order valence-electron chi connectivity index (χ0n) is 10.2. The topological polar surface area (TPSA) is 59.5 Å². The van der Waals surface area contributed by atoms with Crippen LogP contribution in [0, 0.1) is 0 Å². The van der Waals surface area contributed by atoms with E-state index in [-0.39, 0.29) is 5.91 Å². The number of nitrogens with two attached hydrogens (primary N) is 1. The number of carbonyl (C=O) groups is 1. The summed E-state index contributed by atoms with van der Waals surface area (Å²) < 4.78 is 5.43. The van der Waals surface area contributed by atoms with Crippen molar-refractivity contribution in [1.29, 1.82) is 0 Å². The number of hydrogen-bond donors (Lipinski definition) is 1. The molecule has 0 radical (unpaired) electrons. The molecule has 0 unspecified atom stereocenters. The van der Waals surface area contributed by atoms with Gasteiger partial charge in [0.2, 0.25) is 0 Å². The van der Waals surface area contributed by atoms with E-state index in [1.54, 1.807) is 11.0 Å². The lowest BCUT2D eigenvalue weighted by molar-refractivity contribution is 0.0746. The maximum Gasteiger partial charge on any atom is 0.289 e. The molecule has 0 atom stereocenters. The second kappa shape index (κ2) is 6.39. The summed E-state index contributed by atoms with van der Waals surface area (Å²) in [6, 6.07) is 3.52. The van der Waals surface area contributed by atoms with E-state index in [1.165, 1.54) is 0 Å². The molecule has 94 valence electrons. The van der Waals surface area contributed by atoms with Gasteiger partial charge in [0.25, 0.3) is 5.91 Å². The van der Waals surface area contributed by atoms with Crippen LogP contribution in [-0.4, -0.2) is 28.9 Å². The molecule has 2 N–H and O–H groups in total. The predicted octanol–water partition coefficient (Wildman–Crippen LogP) is 1.98. The molecule has 0 aliphatic carbocycles. The van der Waals surface area contributed by atoms with Crippen molar-refractivity contribution in [2.75, 3.05) is 13.1 Å². The van der Waals surface area contributed by atoms with Gasteiger partial charge in [-0.1, -0.05) is 26.1 Å². The number of furan rings is 1. The fraction of sp³-hybridized carbons (Fsp3) is 0.500. The molecular weight excluding hydrogens is 236 g/mol. The fourth-order valence-electron chi connectivity index (χ4n) is 1.55. The Labute approximate surface area is 107 Å². The number of thiocarbonyl (C=S) groups is 1. The maximum atomic E-state index is 12.1. The first-order valence-corrected chi connectivity index (χ1v) is 6.15. The van der Waals surface area contributed by atoms with E-state index in [9.17, 15) is 4.79 Å². The van der Waals surface area contributed by atoms with E-state index in [4.69, 9.17) is 22.4 Å². The van der Waals surface area contributed by atoms with Crippen LogP contribution in [0.3, 0.4) is 0 Å². The van der Waals surface area contributed by atoms with Crippen LogP contribution in [0.25, 0.3) is 0 Å². The fourth-order valence-corrected chi connectivity index (χ4v) is 1.70. The van der Waals surface area contributed by atoms with E-state index in [0.717, 1.165) is 18.6 Å². The minimum Gasteiger partial charge on any atom is -0.456 e. The summed E-state index contributed by atoms with van der Waals surface area (Å²) in [5, 5.41) is 0. The normalized spacial score (nSPS) is 10.2. The molecule has 1 heterocycles. The Morgan fingerprint density at radius 3 is 2.65 bits per heavy atom. The number of carbonyl (C=O) groups excluding carboxylic acids is 1. The third kappa shape index (κ3) is 3.85. The van der Waals surface area contributed by atoms with E-state index >= 15 is 0 Å². The first kappa shape index (κ1) is 13.7. The van der Waals surface area contributed by atoms with Gasteiger partial charge in [-0.15, -0.1) is 0 Å². The van der Waals surface area contributed by atoms with Crippen LogP contribution in [-0.2, 0) is 6.42 Å². The van der Waals surface area contributed by atoms with Crippen molar-refractivity contribution in [3.05, 3.63) is 23.7 Å². The Morgan fingerprint density at radius 2 is 2.18 bits per heavy atom. The molecule has 0 fully saturated rings. The van der Waals surface area contributed by atoms with E-state index in [0.29, 0.717) is 23.8 Å². The molecular formula is C12H18N2O2S. The molecule has 5 heteroatoms. The van der Waals surface area contributed by atoms with Crippen molar-refractivity contribution >= 4 is 23.1 Å². The molecule has 0 aliphatic heterocycles. The highest BCUT2D eigenvalue weighted by Crippen LogP contribution is 2.11. The van der Waals surface area contributed by atoms with Crippen molar-refractivity contribution in [3.8, 4) is 0 Å². The Morgan fingerprint density at radius 1 is 1.47 bits per heavy atom. The molecule has 1 aromatic rings. The standard InChI is InChI=1S/C12H18N2O2S/c1-3-7-14(8-11(13)17)12(15)10-6-5-9(4-2)16-10/h5-6H,3-4,7-8H2,1-2H3,(H2,13,17). The van der Waals surface area contributed by atoms with Crippen LogP contribution in [0.5, 0.6) is 0 Å². The summed E-state index contributed by atoms with van der Waals surface area (Å²) in [5.41, 5.74) is 5.48. The number of aryl methyl sites for hydroxylation is 1. The third-order valence-electron chi connectivity index (χ3n) is 2.35. The largest absolute Gasteiger partial charge is 0.456 e. The van der Waals surface area contributed by atoms with Gasteiger partial charge in [0.05, 0.1) is 11.5 Å². The minimum absolute atomic E-state index is 0.153. The van der Waals surface area contributed by atoms with Crippen LogP contribution < -0.4 is 5.73 Å². The monoisotopic (exact) mass is 254 g/mol. The Hall–Kier alpha value is -1.36. The van der Waals surface area contributed by atoms with Crippen LogP contribution >= 0.6 is 12.2 Å². The Kier molecular flexibility index (Phi) is 5.15. The number of amides is 1. The maximum absolute atomic E-state index is 12.1. The molecule has 0 bridgehead atoms. The van der Waals surface area contributed by atoms with Gasteiger partial charge < -0.3 is 15.1 Å². The highest BCUT2D eigenvalue weighted by Gasteiger charge is 2.18. The minimum atomic E-state index is -0.153. The highest BCUT2D eigenvalue weighted by atomic mass is 32.1. The molecule has 0 aromatic carbocycles. The van der Waals surface area contributed by atoms with Gasteiger partial charge in [0.1, 0.15) is 5.76 Å². The first-order valence-electron chi connectivity index (χ1n) is 5.74. The van der Waals surface area contributed by atoms with Crippen LogP contribution in [0.4, 0.5) is 0 Å². The Balaban J connectivity index is 2.79. The van der Waals surface area contributed by atoms with Gasteiger partial charge in [0, 0.05) is 13.0 Å². The van der Waals surface area contributed by atoms with Crippen molar-refractivity contribution in [1.82, 2.24) is 4.90 Å². The van der Waals surface area contributed by atoms with Gasteiger partial charge in [-0.2, -0.15) is 0 Å². The lowest BCUT2D eigenvalue weighted by Crippen LogP contribution is -2.38. The molecule has 1 amide bonds. The summed E-state index contributed by atoms with van der Waals surface area (Å²) in [4.78, 5) is 14.0. The van der Waals surface area contributed by atoms with Gasteiger partial charge in [-0.3, -0.25) is 4.79 Å². The molecule has 0 saturated carbocycles. The summed E-state index contributed by atoms with van der Waals surface area (Å²) in [6.07, 6.45) is 1.63. The van der Waals surface area contributed by atoms with Crippen LogP contribution in [0.1, 0.15) is 36.6 Å². The third-order valence-corrected chi connectivity index (χ3v) is 2.48. The summed E-state index contributed by atoms with van der Waals surface area (Å²) in [5.74, 6) is 1.01. The zero-order valence-corrected chi connectivity index (χ0v) is 11.0. The number of rotatable bonds is 6. The quantitative estimate of drug-likeness (QED) is 0.789. The molecule has 4 nitrogen and oxygen atoms in total. The van der Waals surface area contributed by atoms with Crippen LogP contribution in [0.15, 0.2) is 16.5 Å².